The minimum atomic E-state index is -0.337. The van der Waals surface area contributed by atoms with E-state index in [-0.39, 0.29) is 11.9 Å². The fourth-order valence-corrected chi connectivity index (χ4v) is 1.96. The topological polar surface area (TPSA) is 35.5 Å². The lowest BCUT2D eigenvalue weighted by Crippen LogP contribution is -2.18. The third-order valence-electron chi connectivity index (χ3n) is 2.93. The van der Waals surface area contributed by atoms with Gasteiger partial charge in [0, 0.05) is 0 Å². The first-order valence-corrected chi connectivity index (χ1v) is 5.63. The van der Waals surface area contributed by atoms with E-state index in [2.05, 4.69) is 6.92 Å². The number of hydrogen-bond acceptors (Lipinski definition) is 3. The fraction of sp³-hybridized carbons (Fsp3) is 0.462. The van der Waals surface area contributed by atoms with Crippen LogP contribution in [0, 0.1) is 0 Å². The van der Waals surface area contributed by atoms with Crippen molar-refractivity contribution in [2.45, 2.75) is 32.8 Å². The van der Waals surface area contributed by atoms with Crippen molar-refractivity contribution in [3.8, 4) is 11.5 Å². The molecule has 1 aromatic rings. The molecule has 16 heavy (non-hydrogen) atoms. The van der Waals surface area contributed by atoms with E-state index in [0.717, 1.165) is 12.0 Å². The van der Waals surface area contributed by atoms with Crippen LogP contribution in [0.15, 0.2) is 12.1 Å². The standard InChI is InChI=1S/C13H16O3/c1-4-8-6-9-12(14)10(5-2)16-13(9)11(7-8)15-3/h6-7,10H,4-5H2,1-3H3. The number of ether oxygens (including phenoxy) is 2. The lowest BCUT2D eigenvalue weighted by molar-refractivity contribution is 0.0851. The molecule has 2 rings (SSSR count). The quantitative estimate of drug-likeness (QED) is 0.785. The second kappa shape index (κ2) is 4.16. The maximum Gasteiger partial charge on any atom is 0.207 e. The summed E-state index contributed by atoms with van der Waals surface area (Å²) in [5, 5.41) is 0. The van der Waals surface area contributed by atoms with Gasteiger partial charge in [-0.1, -0.05) is 13.8 Å². The Labute approximate surface area is 95.4 Å². The number of fused-ring (bicyclic) bond motifs is 1. The number of rotatable bonds is 3. The summed E-state index contributed by atoms with van der Waals surface area (Å²) in [7, 11) is 1.60. The fourth-order valence-electron chi connectivity index (χ4n) is 1.96. The molecule has 0 N–H and O–H groups in total. The molecule has 86 valence electrons. The number of ketones is 1. The lowest BCUT2D eigenvalue weighted by atomic mass is 10.0. The van der Waals surface area contributed by atoms with Gasteiger partial charge in [-0.15, -0.1) is 0 Å². The van der Waals surface area contributed by atoms with Gasteiger partial charge in [0.25, 0.3) is 0 Å². The van der Waals surface area contributed by atoms with Crippen LogP contribution in [-0.4, -0.2) is 19.0 Å². The average molecular weight is 220 g/mol. The van der Waals surface area contributed by atoms with E-state index in [0.29, 0.717) is 23.5 Å². The predicted octanol–water partition coefficient (Wildman–Crippen LogP) is 2.61. The van der Waals surface area contributed by atoms with Gasteiger partial charge < -0.3 is 9.47 Å². The summed E-state index contributed by atoms with van der Waals surface area (Å²) in [6.07, 6.45) is 1.24. The molecule has 0 spiro atoms. The van der Waals surface area contributed by atoms with Crippen LogP contribution in [0.25, 0.3) is 0 Å². The highest BCUT2D eigenvalue weighted by Gasteiger charge is 2.33. The number of carbonyl (C=O) groups is 1. The summed E-state index contributed by atoms with van der Waals surface area (Å²) in [5.41, 5.74) is 1.77. The smallest absolute Gasteiger partial charge is 0.207 e. The zero-order valence-corrected chi connectivity index (χ0v) is 9.87. The Bertz CT molecular complexity index is 423. The van der Waals surface area contributed by atoms with E-state index in [1.54, 1.807) is 7.11 Å². The summed E-state index contributed by atoms with van der Waals surface area (Å²) < 4.78 is 10.9. The van der Waals surface area contributed by atoms with Crippen molar-refractivity contribution in [3.05, 3.63) is 23.3 Å². The van der Waals surface area contributed by atoms with Crippen LogP contribution < -0.4 is 9.47 Å². The predicted molar refractivity (Wildman–Crippen MR) is 61.4 cm³/mol. The highest BCUT2D eigenvalue weighted by molar-refractivity contribution is 6.05. The third-order valence-corrected chi connectivity index (χ3v) is 2.93. The van der Waals surface area contributed by atoms with Crippen LogP contribution in [0.4, 0.5) is 0 Å². The van der Waals surface area contributed by atoms with Gasteiger partial charge in [0.15, 0.2) is 17.6 Å². The molecular formula is C13H16O3. The molecule has 0 fully saturated rings. The molecule has 0 saturated heterocycles. The van der Waals surface area contributed by atoms with Crippen molar-refractivity contribution in [2.75, 3.05) is 7.11 Å². The Kier molecular flexibility index (Phi) is 2.86. The average Bonchev–Trinajstić information content (AvgIpc) is 2.65. The molecule has 1 aliphatic rings. The van der Waals surface area contributed by atoms with Gasteiger partial charge in [0.2, 0.25) is 5.78 Å². The highest BCUT2D eigenvalue weighted by atomic mass is 16.5. The van der Waals surface area contributed by atoms with Crippen LogP contribution in [0.1, 0.15) is 36.2 Å². The van der Waals surface area contributed by atoms with E-state index in [4.69, 9.17) is 9.47 Å². The minimum absolute atomic E-state index is 0.0751. The van der Waals surface area contributed by atoms with E-state index in [1.165, 1.54) is 0 Å². The van der Waals surface area contributed by atoms with Crippen molar-refractivity contribution in [1.82, 2.24) is 0 Å². The highest BCUT2D eigenvalue weighted by Crippen LogP contribution is 2.39. The second-order valence-corrected chi connectivity index (χ2v) is 3.91. The van der Waals surface area contributed by atoms with E-state index in [1.807, 2.05) is 19.1 Å². The molecular weight excluding hydrogens is 204 g/mol. The number of hydrogen-bond donors (Lipinski definition) is 0. The molecule has 1 heterocycles. The number of methoxy groups -OCH3 is 1. The SMILES string of the molecule is CCc1cc(OC)c2c(c1)C(=O)C(CC)O2. The summed E-state index contributed by atoms with van der Waals surface area (Å²) in [6.45, 7) is 4.00. The Morgan fingerprint density at radius 1 is 1.38 bits per heavy atom. The van der Waals surface area contributed by atoms with E-state index >= 15 is 0 Å². The van der Waals surface area contributed by atoms with Gasteiger partial charge in [0.1, 0.15) is 0 Å². The first kappa shape index (κ1) is 11.0. The summed E-state index contributed by atoms with van der Waals surface area (Å²) >= 11 is 0. The Morgan fingerprint density at radius 3 is 2.69 bits per heavy atom. The maximum atomic E-state index is 12.0. The monoisotopic (exact) mass is 220 g/mol. The molecule has 1 aromatic carbocycles. The van der Waals surface area contributed by atoms with Crippen LogP contribution >= 0.6 is 0 Å². The zero-order valence-electron chi connectivity index (χ0n) is 9.87. The molecule has 0 aromatic heterocycles. The Hall–Kier alpha value is -1.51. The Morgan fingerprint density at radius 2 is 2.12 bits per heavy atom. The van der Waals surface area contributed by atoms with Gasteiger partial charge in [-0.25, -0.2) is 0 Å². The summed E-state index contributed by atoms with van der Waals surface area (Å²) in [6, 6.07) is 3.85. The van der Waals surface area contributed by atoms with E-state index in [9.17, 15) is 4.79 Å². The molecule has 0 bridgehead atoms. The van der Waals surface area contributed by atoms with Crippen LogP contribution in [0.5, 0.6) is 11.5 Å². The summed E-state index contributed by atoms with van der Waals surface area (Å²) in [4.78, 5) is 12.0. The molecule has 3 nitrogen and oxygen atoms in total. The Balaban J connectivity index is 2.51. The minimum Gasteiger partial charge on any atom is -0.493 e. The van der Waals surface area contributed by atoms with Gasteiger partial charge in [-0.2, -0.15) is 0 Å². The molecule has 0 amide bonds. The van der Waals surface area contributed by atoms with E-state index < -0.39 is 0 Å². The zero-order chi connectivity index (χ0) is 11.7. The lowest BCUT2D eigenvalue weighted by Gasteiger charge is -2.09. The molecule has 3 heteroatoms. The number of Topliss-reactive ketones (excluding diaryl/α,β-unsaturated/α-hetero) is 1. The molecule has 1 unspecified atom stereocenters. The van der Waals surface area contributed by atoms with Gasteiger partial charge in [0.05, 0.1) is 12.7 Å². The van der Waals surface area contributed by atoms with Crippen molar-refractivity contribution >= 4 is 5.78 Å². The van der Waals surface area contributed by atoms with Crippen molar-refractivity contribution in [1.29, 1.82) is 0 Å². The van der Waals surface area contributed by atoms with Crippen molar-refractivity contribution in [2.24, 2.45) is 0 Å². The first-order chi connectivity index (χ1) is 7.71. The van der Waals surface area contributed by atoms with Crippen LogP contribution in [0.3, 0.4) is 0 Å². The van der Waals surface area contributed by atoms with Crippen molar-refractivity contribution < 1.29 is 14.3 Å². The summed E-state index contributed by atoms with van der Waals surface area (Å²) in [5.74, 6) is 1.35. The van der Waals surface area contributed by atoms with Crippen LogP contribution in [0.2, 0.25) is 0 Å². The first-order valence-electron chi connectivity index (χ1n) is 5.63. The normalized spacial score (nSPS) is 18.2. The number of aryl methyl sites for hydroxylation is 1. The molecule has 1 atom stereocenters. The second-order valence-electron chi connectivity index (χ2n) is 3.91. The maximum absolute atomic E-state index is 12.0. The van der Waals surface area contributed by atoms with Gasteiger partial charge in [-0.05, 0) is 30.5 Å². The number of benzene rings is 1. The molecule has 1 aliphatic heterocycles. The van der Waals surface area contributed by atoms with Crippen LogP contribution in [-0.2, 0) is 6.42 Å². The van der Waals surface area contributed by atoms with Crippen molar-refractivity contribution in [3.63, 3.8) is 0 Å². The number of carbonyl (C=O) groups excluding carboxylic acids is 1. The molecule has 0 radical (unpaired) electrons. The largest absolute Gasteiger partial charge is 0.493 e. The van der Waals surface area contributed by atoms with Gasteiger partial charge in [-0.3, -0.25) is 4.79 Å². The molecule has 0 aliphatic carbocycles. The van der Waals surface area contributed by atoms with Gasteiger partial charge >= 0.3 is 0 Å². The molecule has 0 saturated carbocycles. The third kappa shape index (κ3) is 1.56.